The van der Waals surface area contributed by atoms with E-state index in [1.807, 2.05) is 0 Å². The summed E-state index contributed by atoms with van der Waals surface area (Å²) in [6.07, 6.45) is -2.83. The van der Waals surface area contributed by atoms with E-state index in [1.54, 1.807) is 30.3 Å². The van der Waals surface area contributed by atoms with Gasteiger partial charge in [-0.1, -0.05) is 23.7 Å². The minimum Gasteiger partial charge on any atom is -0.495 e. The quantitative estimate of drug-likeness (QED) is 0.338. The van der Waals surface area contributed by atoms with Crippen molar-refractivity contribution in [1.82, 2.24) is 10.3 Å². The topological polar surface area (TPSA) is 122 Å². The van der Waals surface area contributed by atoms with Crippen LogP contribution < -0.4 is 19.7 Å². The Balaban J connectivity index is 2.08. The predicted molar refractivity (Wildman–Crippen MR) is 143 cm³/mol. The zero-order valence-electron chi connectivity index (χ0n) is 21.5. The molecule has 0 radical (unpaired) electrons. The van der Waals surface area contributed by atoms with E-state index in [-0.39, 0.29) is 52.1 Å². The molecule has 0 saturated carbocycles. The van der Waals surface area contributed by atoms with Crippen LogP contribution in [0.25, 0.3) is 11.1 Å². The maximum Gasteiger partial charge on any atom is 0.433 e. The lowest BCUT2D eigenvalue weighted by Crippen LogP contribution is -2.29. The third-order valence-electron chi connectivity index (χ3n) is 5.56. The molecule has 3 aromatic rings. The number of rotatable bonds is 10. The van der Waals surface area contributed by atoms with Gasteiger partial charge >= 0.3 is 6.18 Å². The third-order valence-corrected chi connectivity index (χ3v) is 6.60. The molecule has 0 unspecified atom stereocenters. The molecule has 1 aromatic heterocycles. The van der Waals surface area contributed by atoms with Crippen LogP contribution in [0.2, 0.25) is 5.02 Å². The maximum atomic E-state index is 13.7. The number of anilines is 1. The zero-order chi connectivity index (χ0) is 29.7. The van der Waals surface area contributed by atoms with Crippen LogP contribution in [0.4, 0.5) is 18.9 Å². The molecule has 1 N–H and O–H groups in total. The zero-order valence-corrected chi connectivity index (χ0v) is 23.1. The van der Waals surface area contributed by atoms with Crippen molar-refractivity contribution in [3.63, 3.8) is 0 Å². The van der Waals surface area contributed by atoms with E-state index < -0.39 is 27.6 Å². The molecular weight excluding hydrogens is 573 g/mol. The van der Waals surface area contributed by atoms with Gasteiger partial charge in [-0.05, 0) is 24.3 Å². The van der Waals surface area contributed by atoms with Gasteiger partial charge in [0.1, 0.15) is 23.8 Å². The molecule has 1 amide bonds. The highest BCUT2D eigenvalue weighted by Crippen LogP contribution is 2.38. The molecular formula is C26H24ClF3N4O5S. The van der Waals surface area contributed by atoms with Gasteiger partial charge in [0.25, 0.3) is 5.91 Å². The van der Waals surface area contributed by atoms with E-state index in [1.165, 1.54) is 31.2 Å². The van der Waals surface area contributed by atoms with Crippen molar-refractivity contribution in [1.29, 1.82) is 5.26 Å². The lowest BCUT2D eigenvalue weighted by atomic mass is 9.98. The monoisotopic (exact) mass is 596 g/mol. The fourth-order valence-electron chi connectivity index (χ4n) is 3.65. The number of pyridine rings is 1. The Bertz CT molecular complexity index is 1560. The van der Waals surface area contributed by atoms with Crippen molar-refractivity contribution in [2.24, 2.45) is 0 Å². The lowest BCUT2D eigenvalue weighted by molar-refractivity contribution is -0.141. The molecule has 0 spiro atoms. The first-order valence-electron chi connectivity index (χ1n) is 11.5. The van der Waals surface area contributed by atoms with Gasteiger partial charge in [0, 0.05) is 43.2 Å². The van der Waals surface area contributed by atoms with Crippen LogP contribution in [-0.2, 0) is 16.0 Å². The van der Waals surface area contributed by atoms with E-state index in [2.05, 4.69) is 10.3 Å². The minimum atomic E-state index is -4.77. The number of nitrogens with zero attached hydrogens (tertiary/aromatic N) is 3. The maximum absolute atomic E-state index is 13.7. The number of carbonyl (C=O) groups excluding carboxylic acids is 1. The third kappa shape index (κ3) is 7.41. The number of alkyl halides is 3. The van der Waals surface area contributed by atoms with Crippen LogP contribution in [0.3, 0.4) is 0 Å². The Kier molecular flexibility index (Phi) is 9.62. The van der Waals surface area contributed by atoms with E-state index >= 15 is 0 Å². The number of nitrogens with one attached hydrogen (secondary N) is 1. The average molecular weight is 597 g/mol. The fraction of sp³-hybridized carbons (Fsp3) is 0.269. The Morgan fingerprint density at radius 3 is 2.50 bits per heavy atom. The molecule has 0 saturated heterocycles. The van der Waals surface area contributed by atoms with Crippen molar-refractivity contribution in [3.05, 3.63) is 70.5 Å². The largest absolute Gasteiger partial charge is 0.495 e. The number of methoxy groups -OCH3 is 1. The van der Waals surface area contributed by atoms with E-state index in [4.69, 9.17) is 21.1 Å². The van der Waals surface area contributed by atoms with Crippen LogP contribution in [0, 0.1) is 11.3 Å². The molecule has 3 rings (SSSR count). The van der Waals surface area contributed by atoms with Gasteiger partial charge < -0.3 is 19.7 Å². The molecule has 0 bridgehead atoms. The van der Waals surface area contributed by atoms with Crippen LogP contribution in [0.5, 0.6) is 11.5 Å². The molecule has 212 valence electrons. The van der Waals surface area contributed by atoms with Gasteiger partial charge in [0.05, 0.1) is 40.9 Å². The molecule has 14 heteroatoms. The molecule has 0 aliphatic carbocycles. The molecule has 9 nitrogen and oxygen atoms in total. The van der Waals surface area contributed by atoms with Crippen molar-refractivity contribution < 1.29 is 35.9 Å². The van der Waals surface area contributed by atoms with Crippen LogP contribution in [-0.4, -0.2) is 58.8 Å². The smallest absolute Gasteiger partial charge is 0.433 e. The van der Waals surface area contributed by atoms with Crippen molar-refractivity contribution >= 4 is 33.0 Å². The van der Waals surface area contributed by atoms with Gasteiger partial charge in [0.2, 0.25) is 0 Å². The van der Waals surface area contributed by atoms with E-state index in [0.717, 1.165) is 12.5 Å². The van der Waals surface area contributed by atoms with Crippen LogP contribution in [0.15, 0.2) is 48.7 Å². The summed E-state index contributed by atoms with van der Waals surface area (Å²) < 4.78 is 73.3. The first-order valence-corrected chi connectivity index (χ1v) is 13.9. The van der Waals surface area contributed by atoms with Gasteiger partial charge in [-0.3, -0.25) is 9.78 Å². The molecule has 0 atom stereocenters. The second-order valence-corrected chi connectivity index (χ2v) is 11.1. The fourth-order valence-corrected chi connectivity index (χ4v) is 4.42. The number of sulfone groups is 1. The van der Waals surface area contributed by atoms with Crippen molar-refractivity contribution in [2.45, 2.75) is 6.18 Å². The van der Waals surface area contributed by atoms with Gasteiger partial charge in [-0.2, -0.15) is 18.4 Å². The average Bonchev–Trinajstić information content (AvgIpc) is 2.90. The molecule has 0 aliphatic heterocycles. The van der Waals surface area contributed by atoms with Crippen LogP contribution in [0.1, 0.15) is 21.6 Å². The summed E-state index contributed by atoms with van der Waals surface area (Å²) in [5.74, 6) is -0.436. The minimum absolute atomic E-state index is 0.0177. The number of hydrogen-bond donors (Lipinski definition) is 1. The van der Waals surface area contributed by atoms with Crippen molar-refractivity contribution in [2.75, 3.05) is 44.3 Å². The Labute approximate surface area is 234 Å². The normalized spacial score (nSPS) is 11.6. The summed E-state index contributed by atoms with van der Waals surface area (Å²) in [5.41, 5.74) is -1.15. The van der Waals surface area contributed by atoms with Gasteiger partial charge in [0.15, 0.2) is 9.84 Å². The van der Waals surface area contributed by atoms with Crippen molar-refractivity contribution in [3.8, 4) is 28.7 Å². The second kappa shape index (κ2) is 12.5. The summed E-state index contributed by atoms with van der Waals surface area (Å²) in [7, 11) is -0.331. The summed E-state index contributed by atoms with van der Waals surface area (Å²) >= 11 is 6.46. The number of benzene rings is 2. The second-order valence-electron chi connectivity index (χ2n) is 8.51. The number of halogens is 4. The summed E-state index contributed by atoms with van der Waals surface area (Å²) in [4.78, 5) is 18.4. The summed E-state index contributed by atoms with van der Waals surface area (Å²) in [6, 6.07) is 11.7. The standard InChI is InChI=1S/C26H24ClF3N4O5S/c1-34(21-6-4-5-7-22(21)38-2)25(35)18-11-17(19-14-33-24(26(28,29)30)10-16(19)13-31)20(27)12-23(18)39-9-8-32-15-40(3,36)37/h4-7,10-12,14,32H,8-9,15H2,1-3H3. The highest BCUT2D eigenvalue weighted by Gasteiger charge is 2.33. The number of hydrogen-bond acceptors (Lipinski definition) is 8. The first-order chi connectivity index (χ1) is 18.8. The molecule has 0 aliphatic rings. The molecule has 40 heavy (non-hydrogen) atoms. The number of amides is 1. The number of carbonyl (C=O) groups is 1. The van der Waals surface area contributed by atoms with Crippen LogP contribution >= 0.6 is 11.6 Å². The first kappa shape index (κ1) is 30.7. The number of nitriles is 1. The Morgan fingerprint density at radius 1 is 1.18 bits per heavy atom. The highest BCUT2D eigenvalue weighted by molar-refractivity contribution is 7.90. The lowest BCUT2D eigenvalue weighted by Gasteiger charge is -2.22. The van der Waals surface area contributed by atoms with E-state index in [9.17, 15) is 31.6 Å². The predicted octanol–water partition coefficient (Wildman–Crippen LogP) is 4.55. The Morgan fingerprint density at radius 2 is 1.88 bits per heavy atom. The SMILES string of the molecule is COc1ccccc1N(C)C(=O)c1cc(-c2cnc(C(F)(F)F)cc2C#N)c(Cl)cc1OCCNCS(C)(=O)=O. The molecule has 2 aromatic carbocycles. The summed E-state index contributed by atoms with van der Waals surface area (Å²) in [5, 5.41) is 12.2. The van der Waals surface area contributed by atoms with E-state index in [0.29, 0.717) is 17.5 Å². The number of ether oxygens (including phenoxy) is 2. The number of aromatic nitrogens is 1. The Hall–Kier alpha value is -3.86. The highest BCUT2D eigenvalue weighted by atomic mass is 35.5. The number of para-hydroxylation sites is 2. The molecule has 1 heterocycles. The molecule has 0 fully saturated rings. The summed E-state index contributed by atoms with van der Waals surface area (Å²) in [6.45, 7) is 0.0684. The van der Waals surface area contributed by atoms with Gasteiger partial charge in [-0.15, -0.1) is 0 Å². The van der Waals surface area contributed by atoms with Gasteiger partial charge in [-0.25, -0.2) is 8.42 Å².